The van der Waals surface area contributed by atoms with Gasteiger partial charge in [-0.25, -0.2) is 0 Å². The molecule has 390 valence electrons. The van der Waals surface area contributed by atoms with Gasteiger partial charge in [0, 0.05) is 82.3 Å². The third-order valence-corrected chi connectivity index (χ3v) is 18.0. The summed E-state index contributed by atoms with van der Waals surface area (Å²) in [6.45, 7) is 0. The highest BCUT2D eigenvalue weighted by Gasteiger charge is 2.25. The summed E-state index contributed by atoms with van der Waals surface area (Å²) >= 11 is 0. The van der Waals surface area contributed by atoms with E-state index < -0.39 is 0 Å². The lowest BCUT2D eigenvalue weighted by Crippen LogP contribution is -1.95. The average Bonchev–Trinajstić information content (AvgIpc) is 1.86. The Morgan fingerprint density at radius 2 is 0.476 bits per heavy atom. The summed E-state index contributed by atoms with van der Waals surface area (Å²) < 4.78 is 19.7. The smallest absolute Gasteiger partial charge is 0.145 e. The van der Waals surface area contributed by atoms with E-state index in [9.17, 15) is 0 Å². The lowest BCUT2D eigenvalue weighted by Gasteiger charge is -2.11. The van der Waals surface area contributed by atoms with Crippen molar-refractivity contribution in [2.75, 3.05) is 0 Å². The van der Waals surface area contributed by atoms with Crippen LogP contribution >= 0.6 is 0 Å². The summed E-state index contributed by atoms with van der Waals surface area (Å²) in [6.07, 6.45) is 0. The Bertz CT molecular complexity index is 5970. The van der Waals surface area contributed by atoms with Crippen LogP contribution in [0, 0.1) is 0 Å². The summed E-state index contributed by atoms with van der Waals surface area (Å²) in [5, 5.41) is 14.0. The molecule has 6 heteroatoms. The Balaban J connectivity index is 0.862. The Morgan fingerprint density at radius 3 is 0.917 bits per heavy atom. The van der Waals surface area contributed by atoms with Crippen molar-refractivity contribution in [1.82, 2.24) is 22.8 Å². The number of benzene rings is 13. The van der Waals surface area contributed by atoms with Crippen LogP contribution in [0.25, 0.3) is 171 Å². The molecule has 0 bridgehead atoms. The molecular weight excluding hydrogens is 1020 g/mol. The molecule has 0 aliphatic rings. The van der Waals surface area contributed by atoms with Gasteiger partial charge in [0.25, 0.3) is 0 Å². The molecule has 6 aromatic heterocycles. The molecule has 0 aliphatic heterocycles. The Labute approximate surface area is 480 Å². The number of fused-ring (bicyclic) bond motifs is 20. The van der Waals surface area contributed by atoms with Gasteiger partial charge in [-0.15, -0.1) is 0 Å². The topological polar surface area (TPSA) is 37.8 Å². The molecule has 0 fully saturated rings. The second-order valence-electron chi connectivity index (χ2n) is 22.4. The van der Waals surface area contributed by atoms with Crippen LogP contribution in [-0.4, -0.2) is 22.8 Å². The number of hydrogen-bond donors (Lipinski definition) is 0. The van der Waals surface area contributed by atoms with E-state index in [-0.39, 0.29) is 0 Å². The number of rotatable bonds is 6. The number of furan rings is 1. The van der Waals surface area contributed by atoms with E-state index in [1.165, 1.54) is 65.4 Å². The first-order valence-electron chi connectivity index (χ1n) is 28.8. The van der Waals surface area contributed by atoms with E-state index in [1.807, 2.05) is 0 Å². The van der Waals surface area contributed by atoms with Crippen LogP contribution in [-0.2, 0) is 0 Å². The highest BCUT2D eigenvalue weighted by atomic mass is 16.3. The summed E-state index contributed by atoms with van der Waals surface area (Å²) in [6, 6.07) is 104. The molecule has 0 N–H and O–H groups in total. The number of hydrogen-bond acceptors (Lipinski definition) is 1. The van der Waals surface area contributed by atoms with Gasteiger partial charge in [0.15, 0.2) is 0 Å². The standard InChI is InChI=1S/C78H47N5O/c1-4-18-50(19-5-1)79-65-28-14-10-24-55(65)61-44-48(32-38-69(61)79)49-33-39-72-64(45-49)76-74(83(72)54-35-41-71-63(47-54)57-26-12-16-30-67(57)81(71)52-22-8-3-9-23-52)43-37-59-58-36-42-73-75(77(58)84-78(59)76)60-27-13-17-31-68(60)82(73)53-34-40-70-62(46-53)56-25-11-15-29-66(56)80(70)51-20-6-2-7-21-51/h1-47H. The highest BCUT2D eigenvalue weighted by molar-refractivity contribution is 6.29. The molecule has 0 aliphatic carbocycles. The maximum atomic E-state index is 7.61. The molecule has 6 heterocycles. The molecule has 19 rings (SSSR count). The zero-order chi connectivity index (χ0) is 54.7. The molecule has 0 saturated heterocycles. The van der Waals surface area contributed by atoms with Gasteiger partial charge in [-0.2, -0.15) is 0 Å². The SMILES string of the molecule is c1ccc(-n2c3ccccc3c3cc(-c4ccc5c(c4)c4c6oc7c(ccc8c7c7ccccc7n8-c7ccc8c(c7)c7ccccc7n8-c7ccccc7)c6ccc4n5-c4ccc5c(c4)c4ccccc4n5-c4ccccc4)ccc32)cc1. The minimum absolute atomic E-state index is 0.881. The van der Waals surface area contributed by atoms with Crippen molar-refractivity contribution >= 4 is 131 Å². The molecule has 0 spiro atoms. The van der Waals surface area contributed by atoms with Crippen LogP contribution in [0.3, 0.4) is 0 Å². The predicted octanol–water partition coefficient (Wildman–Crippen LogP) is 20.7. The van der Waals surface area contributed by atoms with E-state index >= 15 is 0 Å². The van der Waals surface area contributed by atoms with Crippen LogP contribution in [0.1, 0.15) is 0 Å². The van der Waals surface area contributed by atoms with Crippen molar-refractivity contribution in [3.63, 3.8) is 0 Å². The van der Waals surface area contributed by atoms with E-state index in [1.54, 1.807) is 0 Å². The fraction of sp³-hybridized carbons (Fsp3) is 0. The lowest BCUT2D eigenvalue weighted by atomic mass is 10.00. The van der Waals surface area contributed by atoms with Gasteiger partial charge in [-0.05, 0) is 157 Å². The van der Waals surface area contributed by atoms with E-state index in [0.29, 0.717) is 0 Å². The number of nitrogens with zero attached hydrogens (tertiary/aromatic N) is 5. The molecule has 0 unspecified atom stereocenters. The van der Waals surface area contributed by atoms with Crippen LogP contribution in [0.2, 0.25) is 0 Å². The monoisotopic (exact) mass is 1070 g/mol. The lowest BCUT2D eigenvalue weighted by molar-refractivity contribution is 0.677. The number of aromatic nitrogens is 5. The third kappa shape index (κ3) is 6.23. The van der Waals surface area contributed by atoms with Gasteiger partial charge >= 0.3 is 0 Å². The Hall–Kier alpha value is -11.3. The first kappa shape index (κ1) is 45.4. The summed E-state index contributed by atoms with van der Waals surface area (Å²) in [5.74, 6) is 0. The molecule has 0 radical (unpaired) electrons. The maximum Gasteiger partial charge on any atom is 0.145 e. The molecule has 0 atom stereocenters. The van der Waals surface area contributed by atoms with E-state index in [0.717, 1.165) is 105 Å². The van der Waals surface area contributed by atoms with Gasteiger partial charge in [-0.3, -0.25) is 0 Å². The zero-order valence-electron chi connectivity index (χ0n) is 45.3. The maximum absolute atomic E-state index is 7.61. The van der Waals surface area contributed by atoms with Crippen LogP contribution in [0.5, 0.6) is 0 Å². The fourth-order valence-electron chi connectivity index (χ4n) is 14.5. The zero-order valence-corrected chi connectivity index (χ0v) is 45.3. The first-order valence-corrected chi connectivity index (χ1v) is 28.8. The second-order valence-corrected chi connectivity index (χ2v) is 22.4. The van der Waals surface area contributed by atoms with Crippen molar-refractivity contribution in [1.29, 1.82) is 0 Å². The van der Waals surface area contributed by atoms with Crippen molar-refractivity contribution in [3.8, 4) is 39.6 Å². The number of para-hydroxylation sites is 7. The molecule has 0 saturated carbocycles. The molecule has 6 nitrogen and oxygen atoms in total. The second kappa shape index (κ2) is 17.1. The van der Waals surface area contributed by atoms with Crippen LogP contribution < -0.4 is 0 Å². The fourth-order valence-corrected chi connectivity index (χ4v) is 14.5. The van der Waals surface area contributed by atoms with Crippen molar-refractivity contribution in [2.45, 2.75) is 0 Å². The van der Waals surface area contributed by atoms with Gasteiger partial charge < -0.3 is 27.3 Å². The van der Waals surface area contributed by atoms with Gasteiger partial charge in [-0.1, -0.05) is 140 Å². The van der Waals surface area contributed by atoms with Crippen molar-refractivity contribution < 1.29 is 4.42 Å². The highest BCUT2D eigenvalue weighted by Crippen LogP contribution is 2.47. The van der Waals surface area contributed by atoms with Crippen LogP contribution in [0.15, 0.2) is 290 Å². The molecule has 0 amide bonds. The first-order chi connectivity index (χ1) is 41.7. The summed E-state index contributed by atoms with van der Waals surface area (Å²) in [4.78, 5) is 0. The quantitative estimate of drug-likeness (QED) is 0.164. The van der Waals surface area contributed by atoms with Crippen LogP contribution in [0.4, 0.5) is 0 Å². The van der Waals surface area contributed by atoms with Gasteiger partial charge in [0.05, 0.1) is 65.9 Å². The van der Waals surface area contributed by atoms with Crippen molar-refractivity contribution in [2.24, 2.45) is 0 Å². The summed E-state index contributed by atoms with van der Waals surface area (Å²) in [5.41, 5.74) is 21.2. The third-order valence-electron chi connectivity index (χ3n) is 18.0. The predicted molar refractivity (Wildman–Crippen MR) is 351 cm³/mol. The minimum Gasteiger partial charge on any atom is -0.455 e. The largest absolute Gasteiger partial charge is 0.455 e. The van der Waals surface area contributed by atoms with E-state index in [2.05, 4.69) is 308 Å². The van der Waals surface area contributed by atoms with Gasteiger partial charge in [0.2, 0.25) is 0 Å². The molecule has 19 aromatic rings. The summed E-state index contributed by atoms with van der Waals surface area (Å²) in [7, 11) is 0. The molecule has 13 aromatic carbocycles. The Kier molecular flexibility index (Phi) is 9.24. The Morgan fingerprint density at radius 1 is 0.179 bits per heavy atom. The van der Waals surface area contributed by atoms with Crippen molar-refractivity contribution in [3.05, 3.63) is 285 Å². The van der Waals surface area contributed by atoms with Gasteiger partial charge in [0.1, 0.15) is 11.2 Å². The van der Waals surface area contributed by atoms with E-state index in [4.69, 9.17) is 4.42 Å². The minimum atomic E-state index is 0.881. The molecule has 84 heavy (non-hydrogen) atoms. The average molecular weight is 1070 g/mol. The normalized spacial score (nSPS) is 12.3. The molecular formula is C78H47N5O.